The van der Waals surface area contributed by atoms with Crippen LogP contribution in [-0.4, -0.2) is 44.8 Å². The number of esters is 1. The number of anilines is 1. The minimum atomic E-state index is -3.61. The van der Waals surface area contributed by atoms with E-state index in [4.69, 9.17) is 4.74 Å². The van der Waals surface area contributed by atoms with Crippen LogP contribution in [0.2, 0.25) is 0 Å². The molecule has 0 saturated carbocycles. The Hall–Kier alpha value is -2.23. The van der Waals surface area contributed by atoms with Gasteiger partial charge in [0.15, 0.2) is 0 Å². The van der Waals surface area contributed by atoms with Crippen LogP contribution in [0.15, 0.2) is 29.2 Å². The zero-order chi connectivity index (χ0) is 22.9. The normalized spacial score (nSPS) is 19.8. The van der Waals surface area contributed by atoms with E-state index < -0.39 is 21.9 Å². The number of piperidine rings is 1. The number of ether oxygens (including phenoxy) is 1. The first-order valence-electron chi connectivity index (χ1n) is 10.1. The molecule has 1 aromatic heterocycles. The smallest absolute Gasteiger partial charge is 0.341 e. The first kappa shape index (κ1) is 23.4. The number of sulfonamides is 1. The molecule has 1 aliphatic heterocycles. The average molecular weight is 465 g/mol. The van der Waals surface area contributed by atoms with Crippen molar-refractivity contribution in [3.63, 3.8) is 0 Å². The number of amides is 1. The highest BCUT2D eigenvalue weighted by molar-refractivity contribution is 7.89. The maximum absolute atomic E-state index is 13.0. The summed E-state index contributed by atoms with van der Waals surface area (Å²) in [5.41, 5.74) is 1.41. The lowest BCUT2D eigenvalue weighted by Gasteiger charge is -2.34. The molecule has 2 heterocycles. The van der Waals surface area contributed by atoms with Crippen LogP contribution in [0.1, 0.15) is 51.4 Å². The van der Waals surface area contributed by atoms with Gasteiger partial charge in [-0.1, -0.05) is 13.8 Å². The van der Waals surface area contributed by atoms with Crippen LogP contribution in [0, 0.1) is 25.7 Å². The fraction of sp³-hybridized carbons (Fsp3) is 0.455. The second-order valence-electron chi connectivity index (χ2n) is 8.23. The predicted octanol–water partition coefficient (Wildman–Crippen LogP) is 4.07. The molecule has 1 aromatic carbocycles. The van der Waals surface area contributed by atoms with Gasteiger partial charge in [-0.05, 0) is 61.9 Å². The molecule has 9 heteroatoms. The fourth-order valence-corrected chi connectivity index (χ4v) is 6.69. The molecule has 0 spiro atoms. The Balaban J connectivity index is 1.80. The number of thiophene rings is 1. The monoisotopic (exact) mass is 464 g/mol. The van der Waals surface area contributed by atoms with E-state index in [2.05, 4.69) is 19.2 Å². The lowest BCUT2D eigenvalue weighted by molar-refractivity contribution is 0.0601. The maximum atomic E-state index is 13.0. The van der Waals surface area contributed by atoms with Crippen molar-refractivity contribution in [3.05, 3.63) is 45.8 Å². The molecule has 168 valence electrons. The third kappa shape index (κ3) is 4.83. The second kappa shape index (κ2) is 9.10. The number of aryl methyl sites for hydroxylation is 1. The predicted molar refractivity (Wildman–Crippen MR) is 121 cm³/mol. The average Bonchev–Trinajstić information content (AvgIpc) is 3.00. The van der Waals surface area contributed by atoms with E-state index in [0.717, 1.165) is 16.9 Å². The highest BCUT2D eigenvalue weighted by Gasteiger charge is 2.31. The van der Waals surface area contributed by atoms with E-state index in [-0.39, 0.29) is 4.90 Å². The van der Waals surface area contributed by atoms with Crippen molar-refractivity contribution < 1.29 is 22.7 Å². The van der Waals surface area contributed by atoms with E-state index in [0.29, 0.717) is 41.1 Å². The Labute approximate surface area is 187 Å². The van der Waals surface area contributed by atoms with E-state index in [1.54, 1.807) is 6.92 Å². The van der Waals surface area contributed by atoms with Crippen molar-refractivity contribution in [1.82, 2.24) is 4.31 Å². The van der Waals surface area contributed by atoms with Crippen LogP contribution in [0.5, 0.6) is 0 Å². The van der Waals surface area contributed by atoms with Crippen molar-refractivity contribution in [3.8, 4) is 0 Å². The fourth-order valence-electron chi connectivity index (χ4n) is 3.97. The number of benzene rings is 1. The Kier molecular flexibility index (Phi) is 6.88. The minimum absolute atomic E-state index is 0.170. The minimum Gasteiger partial charge on any atom is -0.465 e. The standard InChI is InChI=1S/C22H28N2O5S2/c1-13-10-14(2)12-24(11-13)31(27,28)18-8-6-17(7-9-18)20(25)23-21-19(22(26)29-5)15(3)16(4)30-21/h6-9,13-14H,10-12H2,1-5H3,(H,23,25)/t13-,14+. The van der Waals surface area contributed by atoms with Crippen molar-refractivity contribution in [1.29, 1.82) is 0 Å². The van der Waals surface area contributed by atoms with Gasteiger partial charge in [0.05, 0.1) is 17.6 Å². The molecule has 7 nitrogen and oxygen atoms in total. The number of carbonyl (C=O) groups is 2. The van der Waals surface area contributed by atoms with E-state index in [1.807, 2.05) is 6.92 Å². The van der Waals surface area contributed by atoms with Crippen LogP contribution in [0.3, 0.4) is 0 Å². The van der Waals surface area contributed by atoms with Gasteiger partial charge in [-0.2, -0.15) is 4.31 Å². The Bertz CT molecular complexity index is 1080. The Morgan fingerprint density at radius 2 is 1.68 bits per heavy atom. The highest BCUT2D eigenvalue weighted by atomic mass is 32.2. The maximum Gasteiger partial charge on any atom is 0.341 e. The molecule has 0 bridgehead atoms. The molecule has 1 N–H and O–H groups in total. The van der Waals surface area contributed by atoms with Crippen LogP contribution in [0.4, 0.5) is 5.00 Å². The van der Waals surface area contributed by atoms with Gasteiger partial charge in [-0.3, -0.25) is 4.79 Å². The molecule has 1 amide bonds. The molecule has 0 radical (unpaired) electrons. The molecule has 3 rings (SSSR count). The molecule has 2 atom stereocenters. The van der Waals surface area contributed by atoms with Gasteiger partial charge in [0.1, 0.15) is 5.00 Å². The summed E-state index contributed by atoms with van der Waals surface area (Å²) in [6.45, 7) is 8.79. The van der Waals surface area contributed by atoms with Gasteiger partial charge >= 0.3 is 5.97 Å². The number of rotatable bonds is 5. The van der Waals surface area contributed by atoms with Crippen LogP contribution < -0.4 is 5.32 Å². The third-order valence-electron chi connectivity index (χ3n) is 5.59. The van der Waals surface area contributed by atoms with Crippen molar-refractivity contribution in [2.24, 2.45) is 11.8 Å². The molecular formula is C22H28N2O5S2. The SMILES string of the molecule is COC(=O)c1c(NC(=O)c2ccc(S(=O)(=O)N3C[C@H](C)C[C@H](C)C3)cc2)sc(C)c1C. The Morgan fingerprint density at radius 1 is 1.10 bits per heavy atom. The number of nitrogens with one attached hydrogen (secondary N) is 1. The molecule has 1 saturated heterocycles. The van der Waals surface area contributed by atoms with Crippen LogP contribution in [-0.2, 0) is 14.8 Å². The molecule has 0 unspecified atom stereocenters. The lowest BCUT2D eigenvalue weighted by Crippen LogP contribution is -2.42. The summed E-state index contributed by atoms with van der Waals surface area (Å²) in [6.07, 6.45) is 1.01. The van der Waals surface area contributed by atoms with E-state index in [1.165, 1.54) is 47.0 Å². The van der Waals surface area contributed by atoms with Crippen molar-refractivity contribution in [2.75, 3.05) is 25.5 Å². The third-order valence-corrected chi connectivity index (χ3v) is 8.56. The number of hydrogen-bond donors (Lipinski definition) is 1. The summed E-state index contributed by atoms with van der Waals surface area (Å²) < 4.78 is 32.4. The van der Waals surface area contributed by atoms with E-state index >= 15 is 0 Å². The summed E-state index contributed by atoms with van der Waals surface area (Å²) in [6, 6.07) is 5.90. The Morgan fingerprint density at radius 3 is 2.23 bits per heavy atom. The van der Waals surface area contributed by atoms with E-state index in [9.17, 15) is 18.0 Å². The molecule has 2 aromatic rings. The highest BCUT2D eigenvalue weighted by Crippen LogP contribution is 2.33. The van der Waals surface area contributed by atoms with Gasteiger partial charge in [-0.15, -0.1) is 11.3 Å². The van der Waals surface area contributed by atoms with Crippen molar-refractivity contribution >= 4 is 38.2 Å². The van der Waals surface area contributed by atoms with Gasteiger partial charge in [0.2, 0.25) is 10.0 Å². The lowest BCUT2D eigenvalue weighted by atomic mass is 9.94. The van der Waals surface area contributed by atoms with Gasteiger partial charge in [-0.25, -0.2) is 13.2 Å². The van der Waals surface area contributed by atoms with Gasteiger partial charge < -0.3 is 10.1 Å². The zero-order valence-electron chi connectivity index (χ0n) is 18.4. The number of carbonyl (C=O) groups excluding carboxylic acids is 2. The summed E-state index contributed by atoms with van der Waals surface area (Å²) in [5.74, 6) is -0.310. The number of methoxy groups -OCH3 is 1. The summed E-state index contributed by atoms with van der Waals surface area (Å²) in [5, 5.41) is 3.17. The van der Waals surface area contributed by atoms with Gasteiger partial charge in [0.25, 0.3) is 5.91 Å². The van der Waals surface area contributed by atoms with Crippen molar-refractivity contribution in [2.45, 2.75) is 39.0 Å². The molecular weight excluding hydrogens is 436 g/mol. The number of hydrogen-bond acceptors (Lipinski definition) is 6. The summed E-state index contributed by atoms with van der Waals surface area (Å²) in [7, 11) is -2.32. The largest absolute Gasteiger partial charge is 0.465 e. The molecule has 1 aliphatic rings. The number of nitrogens with zero attached hydrogens (tertiary/aromatic N) is 1. The van der Waals surface area contributed by atoms with Gasteiger partial charge in [0, 0.05) is 23.5 Å². The molecule has 0 aliphatic carbocycles. The summed E-state index contributed by atoms with van der Waals surface area (Å²) >= 11 is 1.30. The first-order chi connectivity index (χ1) is 14.5. The quantitative estimate of drug-likeness (QED) is 0.674. The topological polar surface area (TPSA) is 92.8 Å². The zero-order valence-corrected chi connectivity index (χ0v) is 20.0. The summed E-state index contributed by atoms with van der Waals surface area (Å²) in [4.78, 5) is 25.9. The molecule has 1 fully saturated rings. The first-order valence-corrected chi connectivity index (χ1v) is 12.4. The van der Waals surface area contributed by atoms with Crippen LogP contribution in [0.25, 0.3) is 0 Å². The second-order valence-corrected chi connectivity index (χ2v) is 11.4. The molecule has 31 heavy (non-hydrogen) atoms. The van der Waals surface area contributed by atoms with Crippen LogP contribution >= 0.6 is 11.3 Å².